The fourth-order valence-corrected chi connectivity index (χ4v) is 5.66. The van der Waals surface area contributed by atoms with E-state index in [2.05, 4.69) is 35.3 Å². The van der Waals surface area contributed by atoms with Gasteiger partial charge in [-0.25, -0.2) is 4.79 Å². The molecule has 4 rings (SSSR count). The number of aryl methyl sites for hydroxylation is 1. The first kappa shape index (κ1) is 30.2. The summed E-state index contributed by atoms with van der Waals surface area (Å²) in [5.41, 5.74) is 2.68. The third-order valence-corrected chi connectivity index (χ3v) is 7.87. The van der Waals surface area contributed by atoms with Crippen molar-refractivity contribution in [1.29, 1.82) is 0 Å². The number of hydrogen-bond donors (Lipinski definition) is 1. The number of halogens is 1. The van der Waals surface area contributed by atoms with E-state index < -0.39 is 17.7 Å². The zero-order valence-corrected chi connectivity index (χ0v) is 25.1. The van der Waals surface area contributed by atoms with Crippen LogP contribution < -0.4 is 10.1 Å². The van der Waals surface area contributed by atoms with Gasteiger partial charge in [0.2, 0.25) is 5.91 Å². The van der Waals surface area contributed by atoms with Crippen LogP contribution in [-0.2, 0) is 16.0 Å². The fourth-order valence-electron chi connectivity index (χ4n) is 5.53. The highest BCUT2D eigenvalue weighted by molar-refractivity contribution is 6.30. The van der Waals surface area contributed by atoms with Gasteiger partial charge < -0.3 is 19.7 Å². The topological polar surface area (TPSA) is 71.1 Å². The number of likely N-dealkylation sites (tertiary alicyclic amines) is 2. The second-order valence-corrected chi connectivity index (χ2v) is 12.5. The number of hydrogen-bond acceptors (Lipinski definition) is 5. The standard InChI is InChI=1S/C32H44ClN3O4/c1-23-7-12-27(29(21-23)39-20-19-35-15-5-6-16-35)25-13-17-36(18-14-25)30(37)28(34-31(38)40-32(2,3)4)22-24-8-10-26(33)11-9-24/h7-12,21,25,28H,5-6,13-20,22H2,1-4H3,(H,34,38)/t28-/m1/s1. The van der Waals surface area contributed by atoms with E-state index in [-0.39, 0.29) is 5.91 Å². The number of rotatable bonds is 9. The van der Waals surface area contributed by atoms with Crippen LogP contribution in [0.25, 0.3) is 0 Å². The zero-order valence-electron chi connectivity index (χ0n) is 24.4. The van der Waals surface area contributed by atoms with Gasteiger partial charge in [-0.1, -0.05) is 35.9 Å². The molecule has 0 radical (unpaired) electrons. The van der Waals surface area contributed by atoms with Crippen molar-refractivity contribution < 1.29 is 19.1 Å². The molecule has 2 fully saturated rings. The molecule has 2 amide bonds. The highest BCUT2D eigenvalue weighted by Gasteiger charge is 2.32. The molecule has 2 aliphatic heterocycles. The number of benzene rings is 2. The van der Waals surface area contributed by atoms with Gasteiger partial charge in [-0.05, 0) is 107 Å². The molecule has 40 heavy (non-hydrogen) atoms. The smallest absolute Gasteiger partial charge is 0.408 e. The Morgan fingerprint density at radius 2 is 1.70 bits per heavy atom. The van der Waals surface area contributed by atoms with Crippen LogP contribution in [0.3, 0.4) is 0 Å². The van der Waals surface area contributed by atoms with Gasteiger partial charge in [-0.3, -0.25) is 9.69 Å². The van der Waals surface area contributed by atoms with Crippen molar-refractivity contribution in [1.82, 2.24) is 15.1 Å². The van der Waals surface area contributed by atoms with Crippen LogP contribution >= 0.6 is 11.6 Å². The predicted molar refractivity (Wildman–Crippen MR) is 159 cm³/mol. The van der Waals surface area contributed by atoms with Gasteiger partial charge in [0.05, 0.1) is 0 Å². The van der Waals surface area contributed by atoms with Crippen molar-refractivity contribution >= 4 is 23.6 Å². The summed E-state index contributed by atoms with van der Waals surface area (Å²) in [5.74, 6) is 1.20. The van der Waals surface area contributed by atoms with Crippen molar-refractivity contribution in [3.8, 4) is 5.75 Å². The Hall–Kier alpha value is -2.77. The van der Waals surface area contributed by atoms with E-state index >= 15 is 0 Å². The maximum absolute atomic E-state index is 13.7. The molecule has 0 bridgehead atoms. The molecule has 0 spiro atoms. The maximum atomic E-state index is 13.7. The number of alkyl carbamates (subject to hydrolysis) is 1. The van der Waals surface area contributed by atoms with Crippen LogP contribution in [0.2, 0.25) is 5.02 Å². The Kier molecular flexibility index (Phi) is 10.4. The SMILES string of the molecule is Cc1ccc(C2CCN(C(=O)[C@@H](Cc3ccc(Cl)cc3)NC(=O)OC(C)(C)C)CC2)c(OCCN2CCCC2)c1. The lowest BCUT2D eigenvalue weighted by atomic mass is 9.88. The molecule has 0 aromatic heterocycles. The second-order valence-electron chi connectivity index (χ2n) is 12.1. The summed E-state index contributed by atoms with van der Waals surface area (Å²) in [5, 5.41) is 3.46. The van der Waals surface area contributed by atoms with Gasteiger partial charge in [0.25, 0.3) is 0 Å². The summed E-state index contributed by atoms with van der Waals surface area (Å²) in [6.45, 7) is 12.7. The highest BCUT2D eigenvalue weighted by Crippen LogP contribution is 2.35. The zero-order chi connectivity index (χ0) is 28.7. The molecule has 0 saturated carbocycles. The molecule has 2 aromatic carbocycles. The molecule has 1 atom stereocenters. The Morgan fingerprint density at radius 1 is 1.02 bits per heavy atom. The van der Waals surface area contributed by atoms with Crippen molar-refractivity contribution in [2.24, 2.45) is 0 Å². The molecular formula is C32H44ClN3O4. The van der Waals surface area contributed by atoms with E-state index in [9.17, 15) is 9.59 Å². The second kappa shape index (κ2) is 13.7. The lowest BCUT2D eigenvalue weighted by Crippen LogP contribution is -2.52. The molecule has 2 saturated heterocycles. The summed E-state index contributed by atoms with van der Waals surface area (Å²) < 4.78 is 11.8. The monoisotopic (exact) mass is 569 g/mol. The Balaban J connectivity index is 1.39. The van der Waals surface area contributed by atoms with Gasteiger partial charge in [-0.2, -0.15) is 0 Å². The first-order valence-corrected chi connectivity index (χ1v) is 14.9. The molecule has 7 nitrogen and oxygen atoms in total. The Bertz CT molecular complexity index is 1130. The molecule has 0 unspecified atom stereocenters. The summed E-state index contributed by atoms with van der Waals surface area (Å²) in [7, 11) is 0. The third-order valence-electron chi connectivity index (χ3n) is 7.62. The number of nitrogens with zero attached hydrogens (tertiary/aromatic N) is 2. The van der Waals surface area contributed by atoms with Crippen molar-refractivity contribution in [3.05, 3.63) is 64.2 Å². The summed E-state index contributed by atoms with van der Waals surface area (Å²) in [4.78, 5) is 30.7. The van der Waals surface area contributed by atoms with Crippen molar-refractivity contribution in [2.75, 3.05) is 39.3 Å². The van der Waals surface area contributed by atoms with Crippen LogP contribution in [0, 0.1) is 6.92 Å². The molecule has 8 heteroatoms. The first-order chi connectivity index (χ1) is 19.1. The fraction of sp³-hybridized carbons (Fsp3) is 0.562. The number of ether oxygens (including phenoxy) is 2. The van der Waals surface area contributed by atoms with Gasteiger partial charge in [0.1, 0.15) is 24.0 Å². The normalized spacial score (nSPS) is 17.5. The van der Waals surface area contributed by atoms with Crippen LogP contribution in [0.4, 0.5) is 4.79 Å². The van der Waals surface area contributed by atoms with Crippen molar-refractivity contribution in [2.45, 2.75) is 77.4 Å². The quantitative estimate of drug-likeness (QED) is 0.403. The van der Waals surface area contributed by atoms with Gasteiger partial charge >= 0.3 is 6.09 Å². The number of amides is 2. The molecule has 1 N–H and O–H groups in total. The number of piperidine rings is 1. The number of carbonyl (C=O) groups excluding carboxylic acids is 2. The van der Waals surface area contributed by atoms with Crippen LogP contribution in [0.1, 0.15) is 69.1 Å². The summed E-state index contributed by atoms with van der Waals surface area (Å²) >= 11 is 6.06. The molecule has 2 heterocycles. The van der Waals surface area contributed by atoms with E-state index in [4.69, 9.17) is 21.1 Å². The molecule has 0 aliphatic carbocycles. The number of nitrogens with one attached hydrogen (secondary N) is 1. The molecule has 2 aliphatic rings. The van der Waals surface area contributed by atoms with E-state index in [0.717, 1.165) is 30.7 Å². The van der Waals surface area contributed by atoms with Crippen LogP contribution in [0.5, 0.6) is 5.75 Å². The predicted octanol–water partition coefficient (Wildman–Crippen LogP) is 5.97. The van der Waals surface area contributed by atoms with Gasteiger partial charge in [-0.15, -0.1) is 0 Å². The van der Waals surface area contributed by atoms with Crippen molar-refractivity contribution in [3.63, 3.8) is 0 Å². The average molecular weight is 570 g/mol. The minimum Gasteiger partial charge on any atom is -0.492 e. The summed E-state index contributed by atoms with van der Waals surface area (Å²) in [6.07, 6.45) is 4.02. The lowest BCUT2D eigenvalue weighted by Gasteiger charge is -2.35. The lowest BCUT2D eigenvalue weighted by molar-refractivity contribution is -0.134. The first-order valence-electron chi connectivity index (χ1n) is 14.6. The van der Waals surface area contributed by atoms with Crippen LogP contribution in [-0.4, -0.2) is 72.8 Å². The van der Waals surface area contributed by atoms with E-state index in [0.29, 0.717) is 37.1 Å². The van der Waals surface area contributed by atoms with E-state index in [1.807, 2.05) is 37.8 Å². The van der Waals surface area contributed by atoms with Gasteiger partial charge in [0.15, 0.2) is 0 Å². The number of carbonyl (C=O) groups is 2. The third kappa shape index (κ3) is 8.87. The largest absolute Gasteiger partial charge is 0.492 e. The maximum Gasteiger partial charge on any atom is 0.408 e. The average Bonchev–Trinajstić information content (AvgIpc) is 3.42. The van der Waals surface area contributed by atoms with E-state index in [1.165, 1.54) is 37.1 Å². The Labute approximate surface area is 244 Å². The molecule has 218 valence electrons. The molecular weight excluding hydrogens is 526 g/mol. The minimum atomic E-state index is -0.726. The summed E-state index contributed by atoms with van der Waals surface area (Å²) in [6, 6.07) is 13.1. The van der Waals surface area contributed by atoms with Gasteiger partial charge in [0, 0.05) is 31.1 Å². The minimum absolute atomic E-state index is 0.0924. The van der Waals surface area contributed by atoms with E-state index in [1.54, 1.807) is 12.1 Å². The molecule has 2 aromatic rings. The Morgan fingerprint density at radius 3 is 2.35 bits per heavy atom. The van der Waals surface area contributed by atoms with Crippen LogP contribution in [0.15, 0.2) is 42.5 Å². The highest BCUT2D eigenvalue weighted by atomic mass is 35.5.